The maximum atomic E-state index is 3.34. The van der Waals surface area contributed by atoms with E-state index >= 15 is 0 Å². The fraction of sp³-hybridized carbons (Fsp3) is 0.176. The molecular weight excluding hydrogens is 331 g/mol. The van der Waals surface area contributed by atoms with Crippen molar-refractivity contribution in [3.05, 3.63) is 70.3 Å². The number of alkyl halides is 1. The maximum absolute atomic E-state index is 3.34. The quantitative estimate of drug-likeness (QED) is 0.377. The molecule has 0 bridgehead atoms. The Balaban J connectivity index is 2.23. The van der Waals surface area contributed by atoms with Gasteiger partial charge < -0.3 is 0 Å². The summed E-state index contributed by atoms with van der Waals surface area (Å²) in [6, 6.07) is 14.9. The number of hydrogen-bond acceptors (Lipinski definition) is 0. The van der Waals surface area contributed by atoms with Gasteiger partial charge in [0.25, 0.3) is 0 Å². The summed E-state index contributed by atoms with van der Waals surface area (Å²) < 4.78 is 0.495. The third-order valence-corrected chi connectivity index (χ3v) is 4.45. The minimum absolute atomic E-state index is 0.495. The number of halogens is 1. The van der Waals surface area contributed by atoms with Crippen molar-refractivity contribution in [2.75, 3.05) is 0 Å². The molecule has 0 aliphatic heterocycles. The van der Waals surface area contributed by atoms with Crippen LogP contribution in [-0.2, 0) is 6.42 Å². The summed E-state index contributed by atoms with van der Waals surface area (Å²) >= 11 is 2.54. The first-order valence-electron chi connectivity index (χ1n) is 6.09. The minimum Gasteiger partial charge on any atom is -0.0770 e. The molecule has 0 saturated heterocycles. The topological polar surface area (TPSA) is 0 Å². The zero-order valence-corrected chi connectivity index (χ0v) is 12.4. The highest BCUT2D eigenvalue weighted by atomic mass is 127. The number of benzene rings is 2. The molecule has 1 aliphatic rings. The van der Waals surface area contributed by atoms with Gasteiger partial charge in [-0.05, 0) is 42.2 Å². The van der Waals surface area contributed by atoms with Gasteiger partial charge in [0.15, 0.2) is 0 Å². The first-order valence-corrected chi connectivity index (χ1v) is 7.34. The monoisotopic (exact) mass is 344 g/mol. The maximum Gasteiger partial charge on any atom is 0.0415 e. The van der Waals surface area contributed by atoms with E-state index in [1.54, 1.807) is 0 Å². The molecule has 0 fully saturated rings. The van der Waals surface area contributed by atoms with Crippen LogP contribution in [0.1, 0.15) is 31.7 Å². The van der Waals surface area contributed by atoms with Crippen molar-refractivity contribution in [2.45, 2.75) is 17.3 Å². The minimum atomic E-state index is 0.495. The van der Waals surface area contributed by atoms with Crippen LogP contribution in [0.3, 0.4) is 0 Å². The van der Waals surface area contributed by atoms with E-state index in [4.69, 9.17) is 0 Å². The summed E-state index contributed by atoms with van der Waals surface area (Å²) in [5, 5.41) is 0. The number of aryl methyl sites for hydroxylation is 1. The van der Waals surface area contributed by atoms with Crippen LogP contribution in [0.15, 0.2) is 42.5 Å². The van der Waals surface area contributed by atoms with Crippen molar-refractivity contribution in [2.24, 2.45) is 0 Å². The predicted molar refractivity (Wildman–Crippen MR) is 84.1 cm³/mol. The van der Waals surface area contributed by atoms with E-state index < -0.39 is 0 Å². The van der Waals surface area contributed by atoms with Gasteiger partial charge in [-0.2, -0.15) is 0 Å². The summed E-state index contributed by atoms with van der Waals surface area (Å²) in [7, 11) is 0. The molecule has 0 radical (unpaired) electrons. The molecule has 1 heteroatoms. The highest BCUT2D eigenvalue weighted by Gasteiger charge is 2.17. The molecule has 1 atom stereocenters. The second kappa shape index (κ2) is 4.78. The fourth-order valence-electron chi connectivity index (χ4n) is 2.46. The van der Waals surface area contributed by atoms with Crippen LogP contribution in [-0.4, -0.2) is 0 Å². The van der Waals surface area contributed by atoms with Crippen molar-refractivity contribution < 1.29 is 0 Å². The van der Waals surface area contributed by atoms with E-state index in [0.29, 0.717) is 3.92 Å². The summed E-state index contributed by atoms with van der Waals surface area (Å²) in [5.74, 6) is 6.65. The second-order valence-corrected chi connectivity index (χ2v) is 6.12. The first kappa shape index (κ1) is 11.8. The smallest absolute Gasteiger partial charge is 0.0415 e. The number of rotatable bonds is 0. The average molecular weight is 344 g/mol. The largest absolute Gasteiger partial charge is 0.0770 e. The van der Waals surface area contributed by atoms with E-state index in [1.807, 2.05) is 0 Å². The Morgan fingerprint density at radius 2 is 1.72 bits per heavy atom. The molecular formula is C17H13I. The zero-order chi connectivity index (χ0) is 12.5. The van der Waals surface area contributed by atoms with Gasteiger partial charge in [0, 0.05) is 15.1 Å². The molecule has 0 nitrogen and oxygen atoms in total. The Hall–Kier alpha value is -1.27. The molecule has 1 unspecified atom stereocenters. The fourth-order valence-corrected chi connectivity index (χ4v) is 3.76. The lowest BCUT2D eigenvalue weighted by atomic mass is 9.92. The summed E-state index contributed by atoms with van der Waals surface area (Å²) in [5.41, 5.74) is 6.47. The van der Waals surface area contributed by atoms with Crippen molar-refractivity contribution >= 4 is 22.6 Å². The molecule has 88 valence electrons. The molecule has 0 spiro atoms. The Morgan fingerprint density at radius 3 is 2.61 bits per heavy atom. The average Bonchev–Trinajstić information content (AvgIpc) is 2.35. The number of hydrogen-bond donors (Lipinski definition) is 0. The Kier molecular flexibility index (Phi) is 3.13. The van der Waals surface area contributed by atoms with E-state index in [2.05, 4.69) is 83.8 Å². The first-order chi connectivity index (χ1) is 8.75. The third kappa shape index (κ3) is 2.06. The van der Waals surface area contributed by atoms with Crippen LogP contribution in [0.4, 0.5) is 0 Å². The highest BCUT2D eigenvalue weighted by molar-refractivity contribution is 14.1. The second-order valence-electron chi connectivity index (χ2n) is 4.61. The van der Waals surface area contributed by atoms with Crippen molar-refractivity contribution in [1.82, 2.24) is 0 Å². The molecule has 1 aliphatic carbocycles. The molecule has 2 aromatic carbocycles. The van der Waals surface area contributed by atoms with Gasteiger partial charge >= 0.3 is 0 Å². The van der Waals surface area contributed by atoms with Gasteiger partial charge in [-0.15, -0.1) is 0 Å². The van der Waals surface area contributed by atoms with Crippen LogP contribution < -0.4 is 0 Å². The van der Waals surface area contributed by atoms with Gasteiger partial charge in [0.1, 0.15) is 0 Å². The Morgan fingerprint density at radius 1 is 1.00 bits per heavy atom. The van der Waals surface area contributed by atoms with E-state index in [1.165, 1.54) is 27.8 Å². The van der Waals surface area contributed by atoms with Gasteiger partial charge in [-0.3, -0.25) is 0 Å². The molecule has 18 heavy (non-hydrogen) atoms. The predicted octanol–water partition coefficient (Wildman–Crippen LogP) is 4.43. The zero-order valence-electron chi connectivity index (χ0n) is 10.2. The van der Waals surface area contributed by atoms with E-state index in [0.717, 1.165) is 6.42 Å². The van der Waals surface area contributed by atoms with Crippen LogP contribution >= 0.6 is 22.6 Å². The normalized spacial score (nSPS) is 16.7. The van der Waals surface area contributed by atoms with Crippen LogP contribution in [0, 0.1) is 18.8 Å². The highest BCUT2D eigenvalue weighted by Crippen LogP contribution is 2.34. The van der Waals surface area contributed by atoms with Crippen LogP contribution in [0.2, 0.25) is 0 Å². The molecule has 0 amide bonds. The van der Waals surface area contributed by atoms with E-state index in [9.17, 15) is 0 Å². The van der Waals surface area contributed by atoms with Crippen molar-refractivity contribution in [3.8, 4) is 11.8 Å². The Bertz CT molecular complexity index is 659. The molecule has 0 aromatic heterocycles. The SMILES string of the molecule is Cc1cccc2c1C(I)Cc1ccccc1C#C2. The van der Waals surface area contributed by atoms with Gasteiger partial charge in [0.05, 0.1) is 0 Å². The Labute approximate surface area is 122 Å². The molecule has 2 aromatic rings. The summed E-state index contributed by atoms with van der Waals surface area (Å²) in [6.07, 6.45) is 1.06. The molecule has 3 rings (SSSR count). The lowest BCUT2D eigenvalue weighted by Crippen LogP contribution is -2.04. The van der Waals surface area contributed by atoms with Crippen LogP contribution in [0.25, 0.3) is 0 Å². The number of fused-ring (bicyclic) bond motifs is 2. The van der Waals surface area contributed by atoms with E-state index in [-0.39, 0.29) is 0 Å². The molecule has 0 heterocycles. The third-order valence-electron chi connectivity index (χ3n) is 3.39. The van der Waals surface area contributed by atoms with Gasteiger partial charge in [-0.1, -0.05) is 64.8 Å². The molecule has 0 saturated carbocycles. The van der Waals surface area contributed by atoms with Crippen molar-refractivity contribution in [3.63, 3.8) is 0 Å². The lowest BCUT2D eigenvalue weighted by Gasteiger charge is -2.18. The lowest BCUT2D eigenvalue weighted by molar-refractivity contribution is 0.945. The van der Waals surface area contributed by atoms with Gasteiger partial charge in [-0.25, -0.2) is 0 Å². The standard InChI is InChI=1S/C17H13I/c1-12-5-4-8-14-10-9-13-6-2-3-7-15(13)11-16(18)17(12)14/h2-8,16H,11H2,1H3. The summed E-state index contributed by atoms with van der Waals surface area (Å²) in [4.78, 5) is 0. The van der Waals surface area contributed by atoms with Crippen molar-refractivity contribution in [1.29, 1.82) is 0 Å². The molecule has 0 N–H and O–H groups in total. The summed E-state index contributed by atoms with van der Waals surface area (Å²) in [6.45, 7) is 2.18. The van der Waals surface area contributed by atoms with Gasteiger partial charge in [0.2, 0.25) is 0 Å². The van der Waals surface area contributed by atoms with Crippen LogP contribution in [0.5, 0.6) is 0 Å².